The van der Waals surface area contributed by atoms with Crippen molar-refractivity contribution in [1.29, 1.82) is 0 Å². The van der Waals surface area contributed by atoms with Crippen LogP contribution >= 0.6 is 0 Å². The van der Waals surface area contributed by atoms with E-state index in [0.717, 1.165) is 43.1 Å². The van der Waals surface area contributed by atoms with E-state index >= 15 is 0 Å². The van der Waals surface area contributed by atoms with Crippen molar-refractivity contribution in [2.45, 2.75) is 52.7 Å². The van der Waals surface area contributed by atoms with Crippen LogP contribution in [0.15, 0.2) is 70.0 Å². The van der Waals surface area contributed by atoms with Gasteiger partial charge in [0.1, 0.15) is 9.79 Å². The SMILES string of the molecule is COc1cc2c(cc1OC)C13CCN4CC5=CCOC6CC(=O)N2C1C6C5CC43.Nc1ccc(-c2ccc(N)cc2S(=O)(=O)O)c(S(=O)(=O)O)c1. The second-order valence-corrected chi connectivity index (χ2v) is 16.7. The highest BCUT2D eigenvalue weighted by atomic mass is 32.2. The van der Waals surface area contributed by atoms with Gasteiger partial charge in [0.15, 0.2) is 11.5 Å². The van der Waals surface area contributed by atoms with E-state index in [1.165, 1.54) is 36.2 Å². The minimum Gasteiger partial charge on any atom is -0.493 e. The summed E-state index contributed by atoms with van der Waals surface area (Å²) in [4.78, 5) is 17.1. The van der Waals surface area contributed by atoms with E-state index in [9.17, 15) is 30.7 Å². The molecule has 16 heteroatoms. The zero-order valence-electron chi connectivity index (χ0n) is 27.9. The Morgan fingerprint density at radius 1 is 0.902 bits per heavy atom. The van der Waals surface area contributed by atoms with Crippen LogP contribution in [0.5, 0.6) is 11.5 Å². The normalized spacial score (nSPS) is 28.6. The Morgan fingerprint density at radius 2 is 1.51 bits per heavy atom. The topological polar surface area (TPSA) is 212 Å². The predicted molar refractivity (Wildman–Crippen MR) is 187 cm³/mol. The maximum Gasteiger partial charge on any atom is 0.295 e. The van der Waals surface area contributed by atoms with Gasteiger partial charge < -0.3 is 30.6 Å². The van der Waals surface area contributed by atoms with Gasteiger partial charge in [0.25, 0.3) is 20.2 Å². The van der Waals surface area contributed by atoms with Crippen LogP contribution < -0.4 is 25.8 Å². The number of carbonyl (C=O) groups excluding carboxylic acids is 1. The molecule has 2 bridgehead atoms. The zero-order valence-corrected chi connectivity index (χ0v) is 29.5. The largest absolute Gasteiger partial charge is 0.493 e. The number of anilines is 3. The Balaban J connectivity index is 0.000000154. The van der Waals surface area contributed by atoms with E-state index in [2.05, 4.69) is 21.9 Å². The molecule has 51 heavy (non-hydrogen) atoms. The molecular formula is C35H38N4O10S2. The first-order valence-electron chi connectivity index (χ1n) is 16.5. The van der Waals surface area contributed by atoms with Gasteiger partial charge in [0.05, 0.1) is 45.1 Å². The van der Waals surface area contributed by atoms with Gasteiger partial charge >= 0.3 is 0 Å². The van der Waals surface area contributed by atoms with Gasteiger partial charge in [-0.2, -0.15) is 16.8 Å². The highest BCUT2D eigenvalue weighted by Crippen LogP contribution is 2.66. The number of amides is 1. The van der Waals surface area contributed by atoms with Crippen molar-refractivity contribution >= 4 is 43.2 Å². The Morgan fingerprint density at radius 3 is 2.10 bits per heavy atom. The average molecular weight is 739 g/mol. The number of benzene rings is 3. The first-order chi connectivity index (χ1) is 24.2. The summed E-state index contributed by atoms with van der Waals surface area (Å²) in [5, 5.41) is 0. The van der Waals surface area contributed by atoms with Crippen LogP contribution in [0, 0.1) is 11.8 Å². The molecule has 9 rings (SSSR count). The maximum atomic E-state index is 13.5. The summed E-state index contributed by atoms with van der Waals surface area (Å²) >= 11 is 0. The fourth-order valence-corrected chi connectivity index (χ4v) is 11.3. The third-order valence-corrected chi connectivity index (χ3v) is 13.5. The highest BCUT2D eigenvalue weighted by molar-refractivity contribution is 7.86. The van der Waals surface area contributed by atoms with Crippen molar-refractivity contribution < 1.29 is 44.9 Å². The molecule has 4 fully saturated rings. The number of carbonyl (C=O) groups is 1. The van der Waals surface area contributed by atoms with Crippen LogP contribution in [0.3, 0.4) is 0 Å². The number of nitrogen functional groups attached to an aromatic ring is 2. The lowest BCUT2D eigenvalue weighted by atomic mass is 9.53. The molecule has 270 valence electrons. The summed E-state index contributed by atoms with van der Waals surface area (Å²) in [6, 6.07) is 11.9. The van der Waals surface area contributed by atoms with Crippen molar-refractivity contribution in [2.75, 3.05) is 50.3 Å². The van der Waals surface area contributed by atoms with Gasteiger partial charge in [0.2, 0.25) is 5.91 Å². The van der Waals surface area contributed by atoms with E-state index in [1.54, 1.807) is 19.8 Å². The van der Waals surface area contributed by atoms with Gasteiger partial charge in [-0.3, -0.25) is 18.8 Å². The summed E-state index contributed by atoms with van der Waals surface area (Å²) in [7, 11) is -5.97. The third kappa shape index (κ3) is 5.06. The third-order valence-electron chi connectivity index (χ3n) is 11.7. The van der Waals surface area contributed by atoms with Gasteiger partial charge in [-0.05, 0) is 61.2 Å². The molecule has 5 heterocycles. The smallest absolute Gasteiger partial charge is 0.295 e. The molecule has 6 N–H and O–H groups in total. The molecule has 1 aliphatic carbocycles. The second-order valence-electron chi connectivity index (χ2n) is 13.9. The van der Waals surface area contributed by atoms with Crippen molar-refractivity contribution in [3.8, 4) is 22.6 Å². The zero-order chi connectivity index (χ0) is 36.2. The first kappa shape index (κ1) is 33.9. The second kappa shape index (κ2) is 11.7. The van der Waals surface area contributed by atoms with Crippen LogP contribution in [0.4, 0.5) is 17.1 Å². The number of nitrogens with two attached hydrogens (primary N) is 2. The first-order valence-corrected chi connectivity index (χ1v) is 19.4. The minimum absolute atomic E-state index is 0.0242. The fourth-order valence-electron chi connectivity index (χ4n) is 9.82. The van der Waals surface area contributed by atoms with Crippen molar-refractivity contribution in [3.05, 3.63) is 65.7 Å². The summed E-state index contributed by atoms with van der Waals surface area (Å²) in [6.45, 7) is 2.80. The van der Waals surface area contributed by atoms with Gasteiger partial charge in [0, 0.05) is 52.5 Å². The lowest BCUT2D eigenvalue weighted by molar-refractivity contribution is -0.132. The number of rotatable bonds is 5. The number of methoxy groups -OCH3 is 2. The number of fused-ring (bicyclic) bond motifs is 2. The van der Waals surface area contributed by atoms with Crippen LogP contribution in [0.1, 0.15) is 24.8 Å². The van der Waals surface area contributed by atoms with Gasteiger partial charge in [-0.25, -0.2) is 0 Å². The highest BCUT2D eigenvalue weighted by Gasteiger charge is 2.71. The molecule has 0 aromatic heterocycles. The number of ether oxygens (including phenoxy) is 3. The minimum atomic E-state index is -4.66. The fraction of sp³-hybridized carbons (Fsp3) is 0.400. The van der Waals surface area contributed by atoms with Crippen LogP contribution in [-0.2, 0) is 35.2 Å². The molecule has 6 unspecified atom stereocenters. The predicted octanol–water partition coefficient (Wildman–Crippen LogP) is 3.12. The molecular weight excluding hydrogens is 701 g/mol. The van der Waals surface area contributed by atoms with E-state index in [0.29, 0.717) is 36.7 Å². The molecule has 1 saturated carbocycles. The summed E-state index contributed by atoms with van der Waals surface area (Å²) in [5.41, 5.74) is 14.7. The Labute approximate surface area is 295 Å². The van der Waals surface area contributed by atoms with E-state index in [-0.39, 0.29) is 46.0 Å². The van der Waals surface area contributed by atoms with Crippen LogP contribution in [0.2, 0.25) is 0 Å². The van der Waals surface area contributed by atoms with E-state index in [4.69, 9.17) is 25.7 Å². The number of hydrogen-bond acceptors (Lipinski definition) is 11. The van der Waals surface area contributed by atoms with Crippen molar-refractivity contribution in [3.63, 3.8) is 0 Å². The molecule has 6 atom stereocenters. The van der Waals surface area contributed by atoms with E-state index in [1.807, 2.05) is 6.07 Å². The summed E-state index contributed by atoms with van der Waals surface area (Å²) < 4.78 is 82.0. The molecule has 3 aromatic rings. The molecule has 1 spiro atoms. The molecule has 3 aromatic carbocycles. The van der Waals surface area contributed by atoms with Crippen molar-refractivity contribution in [1.82, 2.24) is 4.90 Å². The quantitative estimate of drug-likeness (QED) is 0.169. The number of piperidine rings is 2. The van der Waals surface area contributed by atoms with E-state index < -0.39 is 30.0 Å². The average Bonchev–Trinajstić information content (AvgIpc) is 3.55. The maximum absolute atomic E-state index is 13.5. The van der Waals surface area contributed by atoms with Crippen molar-refractivity contribution in [2.24, 2.45) is 11.8 Å². The Bertz CT molecular complexity index is 2160. The monoisotopic (exact) mass is 738 g/mol. The Kier molecular flexibility index (Phi) is 7.76. The molecule has 14 nitrogen and oxygen atoms in total. The molecule has 0 radical (unpaired) electrons. The Hall–Kier alpha value is -4.19. The molecule has 5 aliphatic heterocycles. The number of nitrogens with zero attached hydrogens (tertiary/aromatic N) is 2. The summed E-state index contributed by atoms with van der Waals surface area (Å²) in [6.07, 6.45) is 5.11. The lowest BCUT2D eigenvalue weighted by Gasteiger charge is -2.58. The lowest BCUT2D eigenvalue weighted by Crippen LogP contribution is -2.69. The van der Waals surface area contributed by atoms with Gasteiger partial charge in [-0.1, -0.05) is 23.8 Å². The molecule has 3 saturated heterocycles. The molecule has 6 aliphatic rings. The van der Waals surface area contributed by atoms with Gasteiger partial charge in [-0.15, -0.1) is 0 Å². The number of hydrogen-bond donors (Lipinski definition) is 4. The summed E-state index contributed by atoms with van der Waals surface area (Å²) in [5.74, 6) is 2.57. The van der Waals surface area contributed by atoms with Crippen LogP contribution in [-0.4, -0.2) is 88.9 Å². The standard InChI is InChI=1S/C23H26N2O4.C12H12N2O6S2/c1-27-16-8-14-15(9-17(16)28-2)25-20(26)10-18-21-13-7-19-23(14,22(21)25)4-5-24(19)11-12(13)3-6-29-18;13-7-1-3-9(11(5-7)21(15,16)17)10-4-2-8(14)6-12(10)22(18,19)20/h3,8-9,13,18-19,21-22H,4-7,10-11H2,1-2H3;1-6H,13-14H2,(H,15,16,17)(H,18,19,20). The van der Waals surface area contributed by atoms with Crippen LogP contribution in [0.25, 0.3) is 11.1 Å². The molecule has 1 amide bonds.